The average molecular weight is 290 g/mol. The van der Waals surface area contributed by atoms with Crippen LogP contribution in [-0.2, 0) is 4.79 Å². The predicted octanol–water partition coefficient (Wildman–Crippen LogP) is 2.61. The molecule has 1 aromatic rings. The maximum absolute atomic E-state index is 12.5. The van der Waals surface area contributed by atoms with Crippen LogP contribution in [0.25, 0.3) is 0 Å². The first-order valence-corrected chi connectivity index (χ1v) is 7.40. The van der Waals surface area contributed by atoms with Gasteiger partial charge < -0.3 is 10.4 Å². The molecule has 0 saturated heterocycles. The van der Waals surface area contributed by atoms with Crippen molar-refractivity contribution >= 4 is 11.9 Å². The van der Waals surface area contributed by atoms with Crippen molar-refractivity contribution in [2.24, 2.45) is 0 Å². The molecule has 1 aromatic heterocycles. The molecule has 5 heteroatoms. The lowest BCUT2D eigenvalue weighted by molar-refractivity contribution is -0.139. The van der Waals surface area contributed by atoms with Gasteiger partial charge in [0.15, 0.2) is 0 Å². The molecule has 2 rings (SSSR count). The summed E-state index contributed by atoms with van der Waals surface area (Å²) < 4.78 is 0. The van der Waals surface area contributed by atoms with Crippen molar-refractivity contribution in [1.82, 2.24) is 10.3 Å². The quantitative estimate of drug-likeness (QED) is 0.893. The molecule has 0 aliphatic heterocycles. The Balaban J connectivity index is 2.19. The van der Waals surface area contributed by atoms with Crippen molar-refractivity contribution in [2.45, 2.75) is 57.9 Å². The first kappa shape index (κ1) is 15.5. The molecule has 1 saturated carbocycles. The zero-order valence-corrected chi connectivity index (χ0v) is 12.6. The summed E-state index contributed by atoms with van der Waals surface area (Å²) >= 11 is 0. The number of pyridine rings is 1. The van der Waals surface area contributed by atoms with Crippen LogP contribution in [0.1, 0.15) is 60.3 Å². The van der Waals surface area contributed by atoms with Crippen LogP contribution in [0.2, 0.25) is 0 Å². The van der Waals surface area contributed by atoms with E-state index in [9.17, 15) is 9.59 Å². The van der Waals surface area contributed by atoms with Gasteiger partial charge in [0.2, 0.25) is 0 Å². The van der Waals surface area contributed by atoms with Crippen molar-refractivity contribution in [3.8, 4) is 0 Å². The monoisotopic (exact) mass is 290 g/mol. The van der Waals surface area contributed by atoms with Gasteiger partial charge in [-0.15, -0.1) is 0 Å². The van der Waals surface area contributed by atoms with E-state index in [1.807, 2.05) is 6.92 Å². The molecule has 0 aromatic carbocycles. The van der Waals surface area contributed by atoms with E-state index in [1.165, 1.54) is 0 Å². The van der Waals surface area contributed by atoms with Crippen LogP contribution in [0.5, 0.6) is 0 Å². The second-order valence-corrected chi connectivity index (χ2v) is 5.95. The summed E-state index contributed by atoms with van der Waals surface area (Å²) in [5.74, 6) is -1.08. The van der Waals surface area contributed by atoms with Crippen LogP contribution >= 0.6 is 0 Å². The smallest absolute Gasteiger partial charge is 0.305 e. The fourth-order valence-corrected chi connectivity index (χ4v) is 3.10. The Bertz CT molecular complexity index is 548. The van der Waals surface area contributed by atoms with Gasteiger partial charge in [0.25, 0.3) is 5.91 Å². The molecule has 2 N–H and O–H groups in total. The Hall–Kier alpha value is -1.91. The van der Waals surface area contributed by atoms with Crippen LogP contribution in [-0.4, -0.2) is 27.5 Å². The molecule has 0 radical (unpaired) electrons. The molecular weight excluding hydrogens is 268 g/mol. The Morgan fingerprint density at radius 2 is 1.90 bits per heavy atom. The number of nitrogens with zero attached hydrogens (tertiary/aromatic N) is 1. The fourth-order valence-electron chi connectivity index (χ4n) is 3.10. The number of carboxylic acid groups (broad SMARTS) is 1. The third kappa shape index (κ3) is 3.80. The highest BCUT2D eigenvalue weighted by atomic mass is 16.4. The molecule has 1 heterocycles. The van der Waals surface area contributed by atoms with Gasteiger partial charge in [-0.2, -0.15) is 0 Å². The molecule has 0 unspecified atom stereocenters. The van der Waals surface area contributed by atoms with E-state index in [-0.39, 0.29) is 12.3 Å². The summed E-state index contributed by atoms with van der Waals surface area (Å²) in [6, 6.07) is 3.55. The maximum atomic E-state index is 12.5. The van der Waals surface area contributed by atoms with Crippen LogP contribution in [0.4, 0.5) is 0 Å². The third-order valence-corrected chi connectivity index (χ3v) is 4.15. The van der Waals surface area contributed by atoms with E-state index in [0.717, 1.165) is 37.8 Å². The van der Waals surface area contributed by atoms with Gasteiger partial charge in [-0.05, 0) is 38.8 Å². The highest BCUT2D eigenvalue weighted by molar-refractivity contribution is 5.96. The van der Waals surface area contributed by atoms with Crippen molar-refractivity contribution in [2.75, 3.05) is 0 Å². The first-order valence-electron chi connectivity index (χ1n) is 7.40. The van der Waals surface area contributed by atoms with Crippen LogP contribution in [0, 0.1) is 13.8 Å². The lowest BCUT2D eigenvalue weighted by atomic mass is 9.79. The van der Waals surface area contributed by atoms with Gasteiger partial charge >= 0.3 is 5.97 Å². The molecule has 1 fully saturated rings. The highest BCUT2D eigenvalue weighted by Crippen LogP contribution is 2.31. The van der Waals surface area contributed by atoms with E-state index in [0.29, 0.717) is 11.3 Å². The molecule has 1 amide bonds. The number of rotatable bonds is 4. The van der Waals surface area contributed by atoms with E-state index >= 15 is 0 Å². The highest BCUT2D eigenvalue weighted by Gasteiger charge is 2.36. The summed E-state index contributed by atoms with van der Waals surface area (Å²) in [6.45, 7) is 3.67. The summed E-state index contributed by atoms with van der Waals surface area (Å²) in [5, 5.41) is 12.1. The Labute approximate surface area is 124 Å². The molecule has 5 nitrogen and oxygen atoms in total. The van der Waals surface area contributed by atoms with Gasteiger partial charge in [0.05, 0.1) is 23.2 Å². The predicted molar refractivity (Wildman–Crippen MR) is 79.2 cm³/mol. The van der Waals surface area contributed by atoms with E-state index in [4.69, 9.17) is 5.11 Å². The number of carboxylic acids is 1. The molecule has 114 valence electrons. The summed E-state index contributed by atoms with van der Waals surface area (Å²) in [6.07, 6.45) is 4.45. The number of aliphatic carboxylic acids is 1. The number of amides is 1. The Kier molecular flexibility index (Phi) is 4.60. The van der Waals surface area contributed by atoms with Crippen LogP contribution in [0.15, 0.2) is 12.1 Å². The van der Waals surface area contributed by atoms with Crippen LogP contribution < -0.4 is 5.32 Å². The van der Waals surface area contributed by atoms with E-state index in [2.05, 4.69) is 10.3 Å². The van der Waals surface area contributed by atoms with Crippen molar-refractivity contribution < 1.29 is 14.7 Å². The number of nitrogens with one attached hydrogen (secondary N) is 1. The van der Waals surface area contributed by atoms with Crippen molar-refractivity contribution in [1.29, 1.82) is 0 Å². The lowest BCUT2D eigenvalue weighted by Gasteiger charge is -2.37. The minimum Gasteiger partial charge on any atom is -0.481 e. The SMILES string of the molecule is Cc1ccc(C(=O)NC2(CC(=O)O)CCCCC2)c(C)n1. The largest absolute Gasteiger partial charge is 0.481 e. The average Bonchev–Trinajstić information content (AvgIpc) is 2.38. The van der Waals surface area contributed by atoms with E-state index in [1.54, 1.807) is 19.1 Å². The standard InChI is InChI=1S/C16H22N2O3/c1-11-6-7-13(12(2)17-11)15(21)18-16(10-14(19)20)8-4-3-5-9-16/h6-7H,3-5,8-10H2,1-2H3,(H,18,21)(H,19,20). The first-order chi connectivity index (χ1) is 9.92. The molecule has 0 atom stereocenters. The van der Waals surface area contributed by atoms with Gasteiger partial charge in [0, 0.05) is 5.69 Å². The Morgan fingerprint density at radius 3 is 2.48 bits per heavy atom. The number of aromatic nitrogens is 1. The normalized spacial score (nSPS) is 17.2. The summed E-state index contributed by atoms with van der Waals surface area (Å²) in [4.78, 5) is 27.9. The minimum atomic E-state index is -0.865. The van der Waals surface area contributed by atoms with Crippen molar-refractivity contribution in [3.63, 3.8) is 0 Å². The molecule has 1 aliphatic carbocycles. The van der Waals surface area contributed by atoms with Crippen molar-refractivity contribution in [3.05, 3.63) is 29.1 Å². The van der Waals surface area contributed by atoms with Gasteiger partial charge in [-0.1, -0.05) is 19.3 Å². The zero-order chi connectivity index (χ0) is 15.5. The maximum Gasteiger partial charge on any atom is 0.305 e. The minimum absolute atomic E-state index is 0.0168. The molecule has 1 aliphatic rings. The number of carbonyl (C=O) groups excluding carboxylic acids is 1. The van der Waals surface area contributed by atoms with Gasteiger partial charge in [0.1, 0.15) is 0 Å². The zero-order valence-electron chi connectivity index (χ0n) is 12.6. The second kappa shape index (κ2) is 6.24. The number of aryl methyl sites for hydroxylation is 2. The Morgan fingerprint density at radius 1 is 1.24 bits per heavy atom. The number of carbonyl (C=O) groups is 2. The summed E-state index contributed by atoms with van der Waals surface area (Å²) in [5.41, 5.74) is 1.45. The lowest BCUT2D eigenvalue weighted by Crippen LogP contribution is -2.51. The number of hydrogen-bond acceptors (Lipinski definition) is 3. The summed E-state index contributed by atoms with van der Waals surface area (Å²) in [7, 11) is 0. The van der Waals surface area contributed by atoms with Crippen LogP contribution in [0.3, 0.4) is 0 Å². The van der Waals surface area contributed by atoms with Gasteiger partial charge in [-0.3, -0.25) is 14.6 Å². The molecule has 0 spiro atoms. The second-order valence-electron chi connectivity index (χ2n) is 5.95. The number of hydrogen-bond donors (Lipinski definition) is 2. The molecule has 0 bridgehead atoms. The molecular formula is C16H22N2O3. The van der Waals surface area contributed by atoms with E-state index < -0.39 is 11.5 Å². The third-order valence-electron chi connectivity index (χ3n) is 4.15. The fraction of sp³-hybridized carbons (Fsp3) is 0.562. The molecule has 21 heavy (non-hydrogen) atoms. The van der Waals surface area contributed by atoms with Gasteiger partial charge in [-0.25, -0.2) is 0 Å². The topological polar surface area (TPSA) is 79.3 Å².